The molecule has 3 rings (SSSR count). The molecule has 0 amide bonds. The van der Waals surface area contributed by atoms with Gasteiger partial charge in [0, 0.05) is 0 Å². The van der Waals surface area contributed by atoms with Gasteiger partial charge in [-0.3, -0.25) is 0 Å². The van der Waals surface area contributed by atoms with Crippen molar-refractivity contribution in [3.05, 3.63) is 91.0 Å². The molecular formula is C22H24FP. The Kier molecular flexibility index (Phi) is 4.83. The van der Waals surface area contributed by atoms with E-state index < -0.39 is 6.91 Å². The number of unbranched alkanes of at least 4 members (excludes halogenated alkanes) is 1. The van der Waals surface area contributed by atoms with Crippen LogP contribution in [0.15, 0.2) is 91.0 Å². The Balaban J connectivity index is 2.37. The fourth-order valence-corrected chi connectivity index (χ4v) is 8.47. The molecule has 0 aliphatic carbocycles. The summed E-state index contributed by atoms with van der Waals surface area (Å²) in [7, 11) is 0. The first-order valence-corrected chi connectivity index (χ1v) is 10.9. The van der Waals surface area contributed by atoms with Crippen molar-refractivity contribution in [3.63, 3.8) is 0 Å². The summed E-state index contributed by atoms with van der Waals surface area (Å²) >= 11 is 0. The SMILES string of the molecule is CCCCP(F)(c1ccccc1)(c1ccccc1)c1ccccc1. The third kappa shape index (κ3) is 2.68. The molecule has 0 N–H and O–H groups in total. The van der Waals surface area contributed by atoms with Crippen LogP contribution in [0.4, 0.5) is 4.20 Å². The summed E-state index contributed by atoms with van der Waals surface area (Å²) in [4.78, 5) is 0. The van der Waals surface area contributed by atoms with Gasteiger partial charge in [0.2, 0.25) is 0 Å². The van der Waals surface area contributed by atoms with E-state index in [0.717, 1.165) is 28.8 Å². The molecule has 0 saturated heterocycles. The number of rotatable bonds is 6. The van der Waals surface area contributed by atoms with E-state index >= 15 is 4.20 Å². The predicted molar refractivity (Wildman–Crippen MR) is 106 cm³/mol. The van der Waals surface area contributed by atoms with Gasteiger partial charge in [-0.05, 0) is 0 Å². The molecule has 0 nitrogen and oxygen atoms in total. The van der Waals surface area contributed by atoms with Crippen molar-refractivity contribution in [2.24, 2.45) is 0 Å². The van der Waals surface area contributed by atoms with Crippen LogP contribution in [0.5, 0.6) is 0 Å². The molecular weight excluding hydrogens is 314 g/mol. The number of hydrogen-bond acceptors (Lipinski definition) is 0. The van der Waals surface area contributed by atoms with Crippen LogP contribution in [0.1, 0.15) is 19.8 Å². The molecule has 3 aromatic carbocycles. The van der Waals surface area contributed by atoms with Gasteiger partial charge in [-0.15, -0.1) is 0 Å². The molecule has 0 aliphatic rings. The average Bonchev–Trinajstić information content (AvgIpc) is 2.68. The van der Waals surface area contributed by atoms with Crippen molar-refractivity contribution >= 4 is 22.8 Å². The van der Waals surface area contributed by atoms with Crippen molar-refractivity contribution in [3.8, 4) is 0 Å². The first kappa shape index (κ1) is 16.9. The number of halogens is 1. The van der Waals surface area contributed by atoms with Crippen LogP contribution in [0.25, 0.3) is 0 Å². The van der Waals surface area contributed by atoms with Crippen LogP contribution in [0, 0.1) is 0 Å². The van der Waals surface area contributed by atoms with Gasteiger partial charge in [0.1, 0.15) is 0 Å². The van der Waals surface area contributed by atoms with E-state index in [1.165, 1.54) is 0 Å². The molecule has 0 unspecified atom stereocenters. The summed E-state index contributed by atoms with van der Waals surface area (Å²) in [6.45, 7) is -1.83. The van der Waals surface area contributed by atoms with Crippen molar-refractivity contribution in [1.82, 2.24) is 0 Å². The van der Waals surface area contributed by atoms with E-state index in [4.69, 9.17) is 0 Å². The number of benzene rings is 3. The molecule has 0 atom stereocenters. The quantitative estimate of drug-likeness (QED) is 0.542. The molecule has 3 aromatic rings. The van der Waals surface area contributed by atoms with Crippen LogP contribution < -0.4 is 15.9 Å². The molecule has 0 radical (unpaired) electrons. The van der Waals surface area contributed by atoms with Gasteiger partial charge in [0.25, 0.3) is 0 Å². The van der Waals surface area contributed by atoms with Gasteiger partial charge in [-0.25, -0.2) is 0 Å². The van der Waals surface area contributed by atoms with Gasteiger partial charge in [-0.1, -0.05) is 0 Å². The summed E-state index contributed by atoms with van der Waals surface area (Å²) in [5.74, 6) is 0. The molecule has 0 fully saturated rings. The molecule has 0 spiro atoms. The summed E-state index contributed by atoms with van der Waals surface area (Å²) < 4.78 is 17.7. The fourth-order valence-electron chi connectivity index (χ4n) is 3.51. The average molecular weight is 338 g/mol. The van der Waals surface area contributed by atoms with E-state index in [0.29, 0.717) is 6.16 Å². The van der Waals surface area contributed by atoms with E-state index in [1.807, 2.05) is 91.0 Å². The maximum atomic E-state index is 17.7. The van der Waals surface area contributed by atoms with E-state index in [9.17, 15) is 0 Å². The molecule has 124 valence electrons. The van der Waals surface area contributed by atoms with E-state index in [2.05, 4.69) is 6.92 Å². The molecule has 0 saturated carbocycles. The van der Waals surface area contributed by atoms with Gasteiger partial charge < -0.3 is 0 Å². The monoisotopic (exact) mass is 338 g/mol. The summed E-state index contributed by atoms with van der Waals surface area (Å²) in [6, 6.07) is 29.4. The van der Waals surface area contributed by atoms with Gasteiger partial charge in [-0.2, -0.15) is 0 Å². The van der Waals surface area contributed by atoms with Gasteiger partial charge in [0.15, 0.2) is 0 Å². The minimum absolute atomic E-state index is 0.556. The molecule has 0 heterocycles. The van der Waals surface area contributed by atoms with Crippen molar-refractivity contribution in [2.45, 2.75) is 19.8 Å². The van der Waals surface area contributed by atoms with E-state index in [-0.39, 0.29) is 0 Å². The van der Waals surface area contributed by atoms with Crippen molar-refractivity contribution in [1.29, 1.82) is 0 Å². The fraction of sp³-hybridized carbons (Fsp3) is 0.182. The number of hydrogen-bond donors (Lipinski definition) is 0. The third-order valence-corrected chi connectivity index (χ3v) is 10.1. The van der Waals surface area contributed by atoms with Crippen molar-refractivity contribution in [2.75, 3.05) is 6.16 Å². The van der Waals surface area contributed by atoms with Crippen LogP contribution in [0.2, 0.25) is 0 Å². The summed E-state index contributed by atoms with van der Waals surface area (Å²) in [6.07, 6.45) is 2.40. The Morgan fingerprint density at radius 3 is 1.25 bits per heavy atom. The zero-order valence-electron chi connectivity index (χ0n) is 14.1. The molecule has 24 heavy (non-hydrogen) atoms. The Bertz CT molecular complexity index is 669. The predicted octanol–water partition coefficient (Wildman–Crippen LogP) is 5.20. The summed E-state index contributed by atoms with van der Waals surface area (Å²) in [5.41, 5.74) is 0. The Hall–Kier alpha value is -1.98. The molecule has 0 aliphatic heterocycles. The zero-order chi connectivity index (χ0) is 16.9. The second kappa shape index (κ2) is 6.87. The standard InChI is InChI=1S/C22H24FP/c1-2-3-19-24(23,20-13-7-4-8-14-20,21-15-9-5-10-16-21)22-17-11-6-12-18-22/h4-18H,2-3,19H2,1H3. The Morgan fingerprint density at radius 2 is 0.958 bits per heavy atom. The van der Waals surface area contributed by atoms with Gasteiger partial charge >= 0.3 is 144 Å². The Morgan fingerprint density at radius 1 is 0.625 bits per heavy atom. The third-order valence-electron chi connectivity index (χ3n) is 4.82. The second-order valence-corrected chi connectivity index (χ2v) is 10.6. The van der Waals surface area contributed by atoms with Crippen LogP contribution >= 0.6 is 6.91 Å². The topological polar surface area (TPSA) is 0 Å². The first-order valence-electron chi connectivity index (χ1n) is 8.60. The van der Waals surface area contributed by atoms with E-state index in [1.54, 1.807) is 0 Å². The molecule has 0 bridgehead atoms. The minimum atomic E-state index is -3.95. The van der Waals surface area contributed by atoms with Crippen molar-refractivity contribution < 1.29 is 4.20 Å². The van der Waals surface area contributed by atoms with Crippen LogP contribution in [0.3, 0.4) is 0 Å². The molecule has 0 aromatic heterocycles. The maximum absolute atomic E-state index is 17.7. The van der Waals surface area contributed by atoms with Gasteiger partial charge in [0.05, 0.1) is 0 Å². The van der Waals surface area contributed by atoms with Crippen LogP contribution in [-0.4, -0.2) is 6.16 Å². The zero-order valence-corrected chi connectivity index (χ0v) is 15.0. The Labute approximate surface area is 144 Å². The first-order chi connectivity index (χ1) is 11.7. The normalized spacial score (nSPS) is 13.2. The summed E-state index contributed by atoms with van der Waals surface area (Å²) in [5, 5.41) is 2.48. The molecule has 2 heteroatoms. The van der Waals surface area contributed by atoms with Crippen LogP contribution in [-0.2, 0) is 0 Å². The second-order valence-electron chi connectivity index (χ2n) is 6.27.